The van der Waals surface area contributed by atoms with Crippen molar-refractivity contribution in [2.45, 2.75) is 19.9 Å². The van der Waals surface area contributed by atoms with Gasteiger partial charge in [0, 0.05) is 31.0 Å². The number of nitrogens with zero attached hydrogens (tertiary/aromatic N) is 1. The van der Waals surface area contributed by atoms with Gasteiger partial charge in [0.05, 0.1) is 31.4 Å². The van der Waals surface area contributed by atoms with Crippen LogP contribution in [0.1, 0.15) is 18.9 Å². The molecule has 1 aliphatic rings. The van der Waals surface area contributed by atoms with Crippen LogP contribution in [-0.2, 0) is 11.3 Å². The standard InChI is InChI=1S/C21H27BrN2O3/c1-3-10-27-21-19(22)13-16(14-20(21)25-2)15-23-17-4-6-18(7-5-17)24-8-11-26-12-9-24/h4-7,13-14,23H,3,8-12,15H2,1-2H3. The molecule has 1 fully saturated rings. The Bertz CT molecular complexity index is 731. The van der Waals surface area contributed by atoms with Gasteiger partial charge in [0.15, 0.2) is 11.5 Å². The molecule has 0 radical (unpaired) electrons. The van der Waals surface area contributed by atoms with Crippen LogP contribution in [0.3, 0.4) is 0 Å². The molecule has 5 nitrogen and oxygen atoms in total. The minimum absolute atomic E-state index is 0.669. The van der Waals surface area contributed by atoms with E-state index in [1.54, 1.807) is 7.11 Å². The summed E-state index contributed by atoms with van der Waals surface area (Å²) < 4.78 is 17.6. The molecule has 0 unspecified atom stereocenters. The normalized spacial score (nSPS) is 14.1. The van der Waals surface area contributed by atoms with Gasteiger partial charge < -0.3 is 24.4 Å². The number of halogens is 1. The van der Waals surface area contributed by atoms with Crippen molar-refractivity contribution in [2.24, 2.45) is 0 Å². The van der Waals surface area contributed by atoms with Crippen LogP contribution >= 0.6 is 15.9 Å². The van der Waals surface area contributed by atoms with Crippen LogP contribution in [0.2, 0.25) is 0 Å². The van der Waals surface area contributed by atoms with Crippen molar-refractivity contribution in [2.75, 3.05) is 50.2 Å². The molecule has 0 aliphatic carbocycles. The summed E-state index contributed by atoms with van der Waals surface area (Å²) in [5.74, 6) is 1.51. The first-order chi connectivity index (χ1) is 13.2. The van der Waals surface area contributed by atoms with Crippen molar-refractivity contribution < 1.29 is 14.2 Å². The summed E-state index contributed by atoms with van der Waals surface area (Å²) in [6.45, 7) is 6.97. The van der Waals surface area contributed by atoms with Crippen LogP contribution in [0.15, 0.2) is 40.9 Å². The van der Waals surface area contributed by atoms with Gasteiger partial charge in [-0.25, -0.2) is 0 Å². The molecule has 0 spiro atoms. The lowest BCUT2D eigenvalue weighted by Crippen LogP contribution is -2.36. The van der Waals surface area contributed by atoms with E-state index in [0.29, 0.717) is 13.2 Å². The summed E-state index contributed by atoms with van der Waals surface area (Å²) in [5, 5.41) is 3.47. The Morgan fingerprint density at radius 2 is 1.89 bits per heavy atom. The average Bonchev–Trinajstić information content (AvgIpc) is 2.72. The molecule has 0 aromatic heterocycles. The van der Waals surface area contributed by atoms with Crippen LogP contribution < -0.4 is 19.7 Å². The number of benzene rings is 2. The number of morpholine rings is 1. The molecule has 146 valence electrons. The van der Waals surface area contributed by atoms with Gasteiger partial charge in [0.1, 0.15) is 0 Å². The first-order valence-electron chi connectivity index (χ1n) is 9.37. The highest BCUT2D eigenvalue weighted by Crippen LogP contribution is 2.37. The smallest absolute Gasteiger partial charge is 0.175 e. The lowest BCUT2D eigenvalue weighted by Gasteiger charge is -2.29. The SMILES string of the molecule is CCCOc1c(Br)cc(CNc2ccc(N3CCOCC3)cc2)cc1OC. The van der Waals surface area contributed by atoms with E-state index in [-0.39, 0.29) is 0 Å². The maximum Gasteiger partial charge on any atom is 0.175 e. The van der Waals surface area contributed by atoms with Crippen molar-refractivity contribution >= 4 is 27.3 Å². The number of ether oxygens (including phenoxy) is 3. The highest BCUT2D eigenvalue weighted by Gasteiger charge is 2.12. The molecule has 0 atom stereocenters. The maximum atomic E-state index is 5.79. The zero-order valence-corrected chi connectivity index (χ0v) is 17.5. The molecule has 0 amide bonds. The minimum Gasteiger partial charge on any atom is -0.493 e. The second kappa shape index (κ2) is 9.85. The first kappa shape index (κ1) is 19.8. The molecule has 1 aliphatic heterocycles. The predicted molar refractivity (Wildman–Crippen MR) is 113 cm³/mol. The summed E-state index contributed by atoms with van der Waals surface area (Å²) in [5.41, 5.74) is 3.46. The van der Waals surface area contributed by atoms with Gasteiger partial charge in [0.25, 0.3) is 0 Å². The molecule has 3 rings (SSSR count). The number of anilines is 2. The maximum absolute atomic E-state index is 5.79. The van der Waals surface area contributed by atoms with E-state index >= 15 is 0 Å². The minimum atomic E-state index is 0.669. The molecule has 0 saturated carbocycles. The zero-order chi connectivity index (χ0) is 19.1. The highest BCUT2D eigenvalue weighted by molar-refractivity contribution is 9.10. The Morgan fingerprint density at radius 1 is 1.15 bits per heavy atom. The molecule has 0 bridgehead atoms. The predicted octanol–water partition coefficient (Wildman–Crippen LogP) is 4.70. The van der Waals surface area contributed by atoms with E-state index in [9.17, 15) is 0 Å². The topological polar surface area (TPSA) is 43.0 Å². The van der Waals surface area contributed by atoms with E-state index in [4.69, 9.17) is 14.2 Å². The van der Waals surface area contributed by atoms with Gasteiger partial charge in [-0.15, -0.1) is 0 Å². The highest BCUT2D eigenvalue weighted by atomic mass is 79.9. The lowest BCUT2D eigenvalue weighted by atomic mass is 10.2. The molecular weight excluding hydrogens is 408 g/mol. The summed E-state index contributed by atoms with van der Waals surface area (Å²) >= 11 is 3.60. The quantitative estimate of drug-likeness (QED) is 0.652. The monoisotopic (exact) mass is 434 g/mol. The van der Waals surface area contributed by atoms with E-state index in [2.05, 4.69) is 63.4 Å². The van der Waals surface area contributed by atoms with Crippen molar-refractivity contribution in [1.82, 2.24) is 0 Å². The molecule has 6 heteroatoms. The van der Waals surface area contributed by atoms with E-state index < -0.39 is 0 Å². The van der Waals surface area contributed by atoms with E-state index in [0.717, 1.165) is 59.9 Å². The van der Waals surface area contributed by atoms with Gasteiger partial charge in [-0.1, -0.05) is 6.92 Å². The van der Waals surface area contributed by atoms with Crippen molar-refractivity contribution in [3.05, 3.63) is 46.4 Å². The van der Waals surface area contributed by atoms with E-state index in [1.165, 1.54) is 5.69 Å². The van der Waals surface area contributed by atoms with Crippen LogP contribution in [-0.4, -0.2) is 40.0 Å². The van der Waals surface area contributed by atoms with Gasteiger partial charge in [0.2, 0.25) is 0 Å². The fourth-order valence-electron chi connectivity index (χ4n) is 3.04. The Morgan fingerprint density at radius 3 is 2.56 bits per heavy atom. The summed E-state index contributed by atoms with van der Waals surface area (Å²) in [7, 11) is 1.67. The van der Waals surface area contributed by atoms with Crippen molar-refractivity contribution in [3.8, 4) is 11.5 Å². The second-order valence-corrected chi connectivity index (χ2v) is 7.31. The average molecular weight is 435 g/mol. The summed E-state index contributed by atoms with van der Waals surface area (Å²) in [6.07, 6.45) is 0.958. The molecule has 27 heavy (non-hydrogen) atoms. The van der Waals surface area contributed by atoms with Crippen LogP contribution in [0.5, 0.6) is 11.5 Å². The zero-order valence-electron chi connectivity index (χ0n) is 16.0. The first-order valence-corrected chi connectivity index (χ1v) is 10.2. The van der Waals surface area contributed by atoms with Crippen molar-refractivity contribution in [1.29, 1.82) is 0 Å². The fraction of sp³-hybridized carbons (Fsp3) is 0.429. The third-order valence-corrected chi connectivity index (χ3v) is 5.07. The Balaban J connectivity index is 1.63. The lowest BCUT2D eigenvalue weighted by molar-refractivity contribution is 0.122. The Hall–Kier alpha value is -1.92. The van der Waals surface area contributed by atoms with Gasteiger partial charge in [-0.3, -0.25) is 0 Å². The number of hydrogen-bond acceptors (Lipinski definition) is 5. The molecule has 1 saturated heterocycles. The number of nitrogens with one attached hydrogen (secondary N) is 1. The third kappa shape index (κ3) is 5.30. The van der Waals surface area contributed by atoms with Gasteiger partial charge in [-0.05, 0) is 64.3 Å². The molecule has 1 N–H and O–H groups in total. The molecule has 1 heterocycles. The Labute approximate surface area is 169 Å². The van der Waals surface area contributed by atoms with Crippen molar-refractivity contribution in [3.63, 3.8) is 0 Å². The molecule has 2 aromatic carbocycles. The third-order valence-electron chi connectivity index (χ3n) is 4.48. The van der Waals surface area contributed by atoms with Crippen LogP contribution in [0.25, 0.3) is 0 Å². The van der Waals surface area contributed by atoms with Crippen LogP contribution in [0, 0.1) is 0 Å². The molecule has 2 aromatic rings. The van der Waals surface area contributed by atoms with Gasteiger partial charge in [-0.2, -0.15) is 0 Å². The molecular formula is C21H27BrN2O3. The van der Waals surface area contributed by atoms with E-state index in [1.807, 2.05) is 6.07 Å². The summed E-state index contributed by atoms with van der Waals surface area (Å²) in [6, 6.07) is 12.6. The van der Waals surface area contributed by atoms with Crippen LogP contribution in [0.4, 0.5) is 11.4 Å². The number of hydrogen-bond donors (Lipinski definition) is 1. The second-order valence-electron chi connectivity index (χ2n) is 6.46. The summed E-state index contributed by atoms with van der Waals surface area (Å²) in [4.78, 5) is 2.35. The Kier molecular flexibility index (Phi) is 7.24. The fourth-order valence-corrected chi connectivity index (χ4v) is 3.64. The van der Waals surface area contributed by atoms with Gasteiger partial charge >= 0.3 is 0 Å². The number of rotatable bonds is 8. The largest absolute Gasteiger partial charge is 0.493 e. The number of methoxy groups -OCH3 is 1.